The van der Waals surface area contributed by atoms with Crippen molar-refractivity contribution in [3.63, 3.8) is 0 Å². The highest BCUT2D eigenvalue weighted by atomic mass is 19.1. The van der Waals surface area contributed by atoms with E-state index in [0.29, 0.717) is 35.2 Å². The standard InChI is InChI=1S/C23H19FN4O3/c1-2-15-16(23(30)31)21(29)12-9-13(24)18-19(20(12)28(15)10-7-8-10)27-22-17(26-18)11-5-3-4-6-14(11)25-22/h3-4,6,9-10,26H,2,5,7-8H2,1H3,(H,25,27)(H,30,31). The molecule has 2 aliphatic carbocycles. The monoisotopic (exact) mass is 418 g/mol. The minimum Gasteiger partial charge on any atom is -0.477 e. The molecule has 3 aliphatic rings. The van der Waals surface area contributed by atoms with Crippen LogP contribution < -0.4 is 21.6 Å². The highest BCUT2D eigenvalue weighted by Crippen LogP contribution is 2.45. The number of pyridine rings is 1. The number of carboxylic acids is 1. The molecule has 2 aromatic heterocycles. The largest absolute Gasteiger partial charge is 0.477 e. The van der Waals surface area contributed by atoms with E-state index in [2.05, 4.69) is 10.3 Å². The van der Waals surface area contributed by atoms with Crippen molar-refractivity contribution in [1.29, 1.82) is 0 Å². The zero-order valence-corrected chi connectivity index (χ0v) is 16.8. The summed E-state index contributed by atoms with van der Waals surface area (Å²) in [5, 5.41) is 13.9. The molecule has 31 heavy (non-hydrogen) atoms. The second-order valence-corrected chi connectivity index (χ2v) is 8.17. The number of H-pyrrole nitrogens is 1. The van der Waals surface area contributed by atoms with Gasteiger partial charge in [0.05, 0.1) is 16.6 Å². The third kappa shape index (κ3) is 2.41. The normalized spacial score (nSPS) is 16.1. The molecule has 0 saturated heterocycles. The van der Waals surface area contributed by atoms with E-state index >= 15 is 4.39 Å². The molecule has 3 N–H and O–H groups in total. The zero-order chi connectivity index (χ0) is 21.4. The molecule has 3 aromatic rings. The van der Waals surface area contributed by atoms with Crippen LogP contribution in [0.4, 0.5) is 21.5 Å². The number of fused-ring (bicyclic) bond motifs is 6. The van der Waals surface area contributed by atoms with E-state index in [9.17, 15) is 14.7 Å². The van der Waals surface area contributed by atoms with E-state index in [-0.39, 0.29) is 22.7 Å². The molecule has 8 heteroatoms. The van der Waals surface area contributed by atoms with Crippen molar-refractivity contribution >= 4 is 40.0 Å². The fraction of sp³-hybridized carbons (Fsp3) is 0.261. The third-order valence-corrected chi connectivity index (χ3v) is 6.29. The molecule has 1 aromatic carbocycles. The van der Waals surface area contributed by atoms with Crippen molar-refractivity contribution in [3.8, 4) is 0 Å². The molecule has 1 saturated carbocycles. The van der Waals surface area contributed by atoms with Gasteiger partial charge in [-0.3, -0.25) is 4.79 Å². The van der Waals surface area contributed by atoms with Gasteiger partial charge in [0, 0.05) is 22.6 Å². The van der Waals surface area contributed by atoms with Crippen LogP contribution in [0, 0.1) is 5.82 Å². The van der Waals surface area contributed by atoms with E-state index < -0.39 is 17.2 Å². The van der Waals surface area contributed by atoms with Crippen molar-refractivity contribution in [2.45, 2.75) is 38.6 Å². The lowest BCUT2D eigenvalue weighted by Crippen LogP contribution is -2.25. The van der Waals surface area contributed by atoms with Gasteiger partial charge in [0.1, 0.15) is 22.8 Å². The topological polar surface area (TPSA) is 99.5 Å². The van der Waals surface area contributed by atoms with Gasteiger partial charge in [0.2, 0.25) is 5.43 Å². The van der Waals surface area contributed by atoms with Gasteiger partial charge >= 0.3 is 5.97 Å². The second kappa shape index (κ2) is 6.16. The molecule has 6 rings (SSSR count). The third-order valence-electron chi connectivity index (χ3n) is 6.29. The predicted molar refractivity (Wildman–Crippen MR) is 115 cm³/mol. The lowest BCUT2D eigenvalue weighted by Gasteiger charge is -2.23. The Morgan fingerprint density at radius 1 is 1.35 bits per heavy atom. The summed E-state index contributed by atoms with van der Waals surface area (Å²) in [7, 11) is 0. The molecule has 0 unspecified atom stereocenters. The molecule has 1 fully saturated rings. The lowest BCUT2D eigenvalue weighted by atomic mass is 10.0. The average molecular weight is 418 g/mol. The summed E-state index contributed by atoms with van der Waals surface area (Å²) >= 11 is 0. The van der Waals surface area contributed by atoms with E-state index in [0.717, 1.165) is 35.5 Å². The van der Waals surface area contributed by atoms with Crippen LogP contribution >= 0.6 is 0 Å². The van der Waals surface area contributed by atoms with Crippen LogP contribution in [-0.4, -0.2) is 20.6 Å². The van der Waals surface area contributed by atoms with Crippen molar-refractivity contribution in [2.24, 2.45) is 4.99 Å². The molecule has 0 amide bonds. The van der Waals surface area contributed by atoms with Crippen LogP contribution in [0.2, 0.25) is 0 Å². The number of aromatic nitrogens is 2. The number of rotatable bonds is 3. The summed E-state index contributed by atoms with van der Waals surface area (Å²) < 4.78 is 17.1. The highest BCUT2D eigenvalue weighted by Gasteiger charge is 2.34. The summed E-state index contributed by atoms with van der Waals surface area (Å²) in [6, 6.07) is 1.23. The Morgan fingerprint density at radius 2 is 2.16 bits per heavy atom. The number of halogens is 1. The summed E-state index contributed by atoms with van der Waals surface area (Å²) in [5.41, 5.74) is 2.91. The Labute approximate surface area is 175 Å². The van der Waals surface area contributed by atoms with Crippen LogP contribution in [0.15, 0.2) is 28.0 Å². The molecular weight excluding hydrogens is 399 g/mol. The van der Waals surface area contributed by atoms with Crippen LogP contribution in [0.3, 0.4) is 0 Å². The summed E-state index contributed by atoms with van der Waals surface area (Å²) in [4.78, 5) is 33.1. The van der Waals surface area contributed by atoms with E-state index in [1.54, 1.807) is 0 Å². The maximum absolute atomic E-state index is 15.2. The van der Waals surface area contributed by atoms with Gasteiger partial charge in [0.25, 0.3) is 0 Å². The fourth-order valence-electron chi connectivity index (χ4n) is 4.80. The Kier molecular flexibility index (Phi) is 3.60. The first-order valence-corrected chi connectivity index (χ1v) is 10.4. The molecule has 1 aliphatic heterocycles. The quantitative estimate of drug-likeness (QED) is 0.476. The number of nitrogens with zero attached hydrogens (tertiary/aromatic N) is 2. The molecule has 0 atom stereocenters. The summed E-state index contributed by atoms with van der Waals surface area (Å²) in [5.74, 6) is -1.91. The first-order chi connectivity index (χ1) is 15.0. The van der Waals surface area contributed by atoms with E-state index in [1.807, 2.05) is 29.7 Å². The van der Waals surface area contributed by atoms with Crippen molar-refractivity contribution < 1.29 is 14.3 Å². The number of allylic oxidation sites excluding steroid dienone is 2. The Morgan fingerprint density at radius 3 is 2.87 bits per heavy atom. The van der Waals surface area contributed by atoms with Crippen LogP contribution in [0.5, 0.6) is 0 Å². The van der Waals surface area contributed by atoms with E-state index in [4.69, 9.17) is 4.99 Å². The fourth-order valence-corrected chi connectivity index (χ4v) is 4.80. The highest BCUT2D eigenvalue weighted by molar-refractivity contribution is 6.02. The van der Waals surface area contributed by atoms with Gasteiger partial charge in [-0.2, -0.15) is 0 Å². The minimum atomic E-state index is -1.28. The number of hydrogen-bond acceptors (Lipinski definition) is 4. The Bertz CT molecular complexity index is 1540. The van der Waals surface area contributed by atoms with Crippen LogP contribution in [0.25, 0.3) is 17.0 Å². The van der Waals surface area contributed by atoms with Gasteiger partial charge in [-0.05, 0) is 37.8 Å². The molecular formula is C23H19FN4O3. The molecule has 156 valence electrons. The number of hydrogen-bond donors (Lipinski definition) is 3. The van der Waals surface area contributed by atoms with Crippen LogP contribution in [0.1, 0.15) is 47.4 Å². The maximum Gasteiger partial charge on any atom is 0.341 e. The molecule has 0 radical (unpaired) electrons. The number of carbonyl (C=O) groups is 1. The lowest BCUT2D eigenvalue weighted by molar-refractivity contribution is 0.0693. The van der Waals surface area contributed by atoms with Gasteiger partial charge in [-0.15, -0.1) is 0 Å². The molecule has 0 spiro atoms. The SMILES string of the molecule is CCc1c(C(=O)O)c(=O)c2cc(F)c3c(c2n1C1CC1)N=c1[nH]c2c(c1N3)CC=CC=2. The van der Waals surface area contributed by atoms with Crippen molar-refractivity contribution in [3.05, 3.63) is 61.9 Å². The van der Waals surface area contributed by atoms with Gasteiger partial charge in [-0.25, -0.2) is 14.2 Å². The maximum atomic E-state index is 15.2. The molecule has 0 bridgehead atoms. The van der Waals surface area contributed by atoms with Gasteiger partial charge < -0.3 is 20.0 Å². The number of nitrogens with one attached hydrogen (secondary N) is 2. The first kappa shape index (κ1) is 18.1. The average Bonchev–Trinajstić information content (AvgIpc) is 3.53. The number of anilines is 2. The Hall–Kier alpha value is -3.68. The van der Waals surface area contributed by atoms with Gasteiger partial charge in [0.15, 0.2) is 5.49 Å². The minimum absolute atomic E-state index is 0.0521. The Balaban J connectivity index is 1.79. The number of benzene rings is 1. The molecule has 7 nitrogen and oxygen atoms in total. The smallest absolute Gasteiger partial charge is 0.341 e. The summed E-state index contributed by atoms with van der Waals surface area (Å²) in [6.07, 6.45) is 8.78. The number of aromatic amines is 1. The summed E-state index contributed by atoms with van der Waals surface area (Å²) in [6.45, 7) is 1.83. The first-order valence-electron chi connectivity index (χ1n) is 10.4. The van der Waals surface area contributed by atoms with Crippen LogP contribution in [-0.2, 0) is 12.8 Å². The van der Waals surface area contributed by atoms with Crippen molar-refractivity contribution in [2.75, 3.05) is 5.32 Å². The zero-order valence-electron chi connectivity index (χ0n) is 16.8. The number of carboxylic acid groups (broad SMARTS) is 1. The van der Waals surface area contributed by atoms with Gasteiger partial charge in [-0.1, -0.05) is 19.1 Å². The van der Waals surface area contributed by atoms with E-state index in [1.165, 1.54) is 0 Å². The number of aromatic carboxylic acids is 1. The predicted octanol–water partition coefficient (Wildman–Crippen LogP) is 2.97. The van der Waals surface area contributed by atoms with Crippen molar-refractivity contribution in [1.82, 2.24) is 9.55 Å². The second-order valence-electron chi connectivity index (χ2n) is 8.17. The molecule has 3 heterocycles.